The van der Waals surface area contributed by atoms with Crippen molar-refractivity contribution >= 4 is 0 Å². The second kappa shape index (κ2) is 5.01. The zero-order chi connectivity index (χ0) is 14.2. The molecule has 3 rings (SSSR count). The zero-order valence-corrected chi connectivity index (χ0v) is 12.1. The largest absolute Gasteiger partial charge is 0.383 e. The van der Waals surface area contributed by atoms with Crippen LogP contribution in [0.25, 0.3) is 0 Å². The molecule has 1 fully saturated rings. The van der Waals surface area contributed by atoms with Gasteiger partial charge in [-0.15, -0.1) is 5.10 Å². The van der Waals surface area contributed by atoms with Crippen LogP contribution in [-0.4, -0.2) is 29.9 Å². The highest BCUT2D eigenvalue weighted by molar-refractivity contribution is 5.09. The Balaban J connectivity index is 1.67. The molecule has 0 aliphatic heterocycles. The molecule has 0 aromatic carbocycles. The summed E-state index contributed by atoms with van der Waals surface area (Å²) in [7, 11) is 0. The van der Waals surface area contributed by atoms with Gasteiger partial charge in [0, 0.05) is 5.69 Å². The smallest absolute Gasteiger partial charge is 0.114 e. The highest BCUT2D eigenvalue weighted by Crippen LogP contribution is 2.37. The molecule has 1 saturated carbocycles. The van der Waals surface area contributed by atoms with Crippen molar-refractivity contribution in [2.24, 2.45) is 0 Å². The van der Waals surface area contributed by atoms with Gasteiger partial charge in [-0.05, 0) is 32.8 Å². The summed E-state index contributed by atoms with van der Waals surface area (Å²) in [4.78, 5) is 0. The second-order valence-corrected chi connectivity index (χ2v) is 5.76. The van der Waals surface area contributed by atoms with Crippen molar-refractivity contribution in [2.75, 3.05) is 0 Å². The second-order valence-electron chi connectivity index (χ2n) is 5.76. The van der Waals surface area contributed by atoms with Crippen molar-refractivity contribution in [3.05, 3.63) is 29.3 Å². The van der Waals surface area contributed by atoms with Crippen molar-refractivity contribution in [1.82, 2.24) is 24.8 Å². The summed E-state index contributed by atoms with van der Waals surface area (Å²) in [6.45, 7) is 5.52. The van der Waals surface area contributed by atoms with Gasteiger partial charge in [0.15, 0.2) is 0 Å². The minimum atomic E-state index is -0.754. The van der Waals surface area contributed by atoms with Gasteiger partial charge in [-0.25, -0.2) is 0 Å². The Morgan fingerprint density at radius 2 is 2.00 bits per heavy atom. The van der Waals surface area contributed by atoms with Crippen molar-refractivity contribution in [2.45, 2.75) is 58.2 Å². The standard InChI is InChI=1S/C14H21N5O/c1-11-9-12(2)19(16-11)8-7-18-10-13(15-17-18)14(20)5-3-4-6-14/h9-10,20H,3-8H2,1-2H3. The number of aryl methyl sites for hydroxylation is 4. The van der Waals surface area contributed by atoms with Gasteiger partial charge in [-0.1, -0.05) is 18.1 Å². The van der Waals surface area contributed by atoms with Gasteiger partial charge < -0.3 is 5.11 Å². The minimum absolute atomic E-state index is 0.711. The highest BCUT2D eigenvalue weighted by Gasteiger charge is 2.35. The zero-order valence-electron chi connectivity index (χ0n) is 12.1. The summed E-state index contributed by atoms with van der Waals surface area (Å²) in [6.07, 6.45) is 5.59. The molecule has 6 nitrogen and oxygen atoms in total. The van der Waals surface area contributed by atoms with Crippen LogP contribution in [0, 0.1) is 13.8 Å². The topological polar surface area (TPSA) is 68.8 Å². The lowest BCUT2D eigenvalue weighted by Gasteiger charge is -2.17. The number of nitrogens with zero attached hydrogens (tertiary/aromatic N) is 5. The van der Waals surface area contributed by atoms with Gasteiger partial charge in [-0.3, -0.25) is 9.36 Å². The third-order valence-electron chi connectivity index (χ3n) is 4.09. The molecule has 0 radical (unpaired) electrons. The summed E-state index contributed by atoms with van der Waals surface area (Å²) in [5.41, 5.74) is 2.14. The van der Waals surface area contributed by atoms with Crippen LogP contribution in [0.2, 0.25) is 0 Å². The molecule has 0 atom stereocenters. The summed E-state index contributed by atoms with van der Waals surface area (Å²) >= 11 is 0. The van der Waals surface area contributed by atoms with Crippen LogP contribution >= 0.6 is 0 Å². The molecular weight excluding hydrogens is 254 g/mol. The first-order valence-electron chi connectivity index (χ1n) is 7.21. The fraction of sp³-hybridized carbons (Fsp3) is 0.643. The van der Waals surface area contributed by atoms with Crippen LogP contribution in [-0.2, 0) is 18.7 Å². The number of hydrogen-bond donors (Lipinski definition) is 1. The molecule has 0 bridgehead atoms. The molecule has 2 heterocycles. The monoisotopic (exact) mass is 275 g/mol. The third-order valence-corrected chi connectivity index (χ3v) is 4.09. The number of rotatable bonds is 4. The SMILES string of the molecule is Cc1cc(C)n(CCn2cc(C3(O)CCCC3)nn2)n1. The van der Waals surface area contributed by atoms with E-state index in [0.717, 1.165) is 43.6 Å². The van der Waals surface area contributed by atoms with Crippen LogP contribution in [0.3, 0.4) is 0 Å². The molecule has 1 aliphatic rings. The molecule has 0 spiro atoms. The first-order valence-corrected chi connectivity index (χ1v) is 7.21. The lowest BCUT2D eigenvalue weighted by atomic mass is 9.99. The predicted molar refractivity (Wildman–Crippen MR) is 74.1 cm³/mol. The van der Waals surface area contributed by atoms with E-state index in [1.807, 2.05) is 24.7 Å². The fourth-order valence-electron chi connectivity index (χ4n) is 2.94. The Hall–Kier alpha value is -1.69. The Kier molecular flexibility index (Phi) is 3.33. The van der Waals surface area contributed by atoms with Crippen LogP contribution < -0.4 is 0 Å². The number of aliphatic hydroxyl groups is 1. The molecule has 1 aliphatic carbocycles. The molecule has 2 aromatic heterocycles. The first-order chi connectivity index (χ1) is 9.57. The lowest BCUT2D eigenvalue weighted by Crippen LogP contribution is -2.21. The third kappa shape index (κ3) is 2.47. The first kappa shape index (κ1) is 13.3. The van der Waals surface area contributed by atoms with E-state index in [1.165, 1.54) is 0 Å². The van der Waals surface area contributed by atoms with E-state index in [1.54, 1.807) is 4.68 Å². The van der Waals surface area contributed by atoms with Crippen molar-refractivity contribution in [1.29, 1.82) is 0 Å². The average Bonchev–Trinajstić information content (AvgIpc) is 3.08. The van der Waals surface area contributed by atoms with Crippen LogP contribution in [0.5, 0.6) is 0 Å². The maximum atomic E-state index is 10.5. The summed E-state index contributed by atoms with van der Waals surface area (Å²) in [6, 6.07) is 2.06. The van der Waals surface area contributed by atoms with E-state index in [9.17, 15) is 5.11 Å². The van der Waals surface area contributed by atoms with Crippen molar-refractivity contribution in [3.63, 3.8) is 0 Å². The molecule has 2 aromatic rings. The summed E-state index contributed by atoms with van der Waals surface area (Å²) in [5.74, 6) is 0. The van der Waals surface area contributed by atoms with E-state index in [4.69, 9.17) is 0 Å². The van der Waals surface area contributed by atoms with E-state index in [2.05, 4.69) is 21.5 Å². The molecule has 6 heteroatoms. The van der Waals surface area contributed by atoms with E-state index >= 15 is 0 Å². The maximum absolute atomic E-state index is 10.5. The number of hydrogen-bond acceptors (Lipinski definition) is 4. The molecule has 20 heavy (non-hydrogen) atoms. The molecule has 0 amide bonds. The van der Waals surface area contributed by atoms with Gasteiger partial charge in [-0.2, -0.15) is 5.10 Å². The van der Waals surface area contributed by atoms with E-state index < -0.39 is 5.60 Å². The van der Waals surface area contributed by atoms with Crippen molar-refractivity contribution in [3.8, 4) is 0 Å². The quantitative estimate of drug-likeness (QED) is 0.919. The van der Waals surface area contributed by atoms with Crippen molar-refractivity contribution < 1.29 is 5.11 Å². The highest BCUT2D eigenvalue weighted by atomic mass is 16.3. The van der Waals surface area contributed by atoms with Crippen LogP contribution in [0.4, 0.5) is 0 Å². The molecule has 108 valence electrons. The summed E-state index contributed by atoms with van der Waals surface area (Å²) in [5, 5.41) is 23.2. The van der Waals surface area contributed by atoms with Gasteiger partial charge in [0.05, 0.1) is 25.0 Å². The Morgan fingerprint density at radius 3 is 2.65 bits per heavy atom. The molecule has 0 unspecified atom stereocenters. The molecule has 1 N–H and O–H groups in total. The number of aromatic nitrogens is 5. The van der Waals surface area contributed by atoms with Gasteiger partial charge in [0.2, 0.25) is 0 Å². The Morgan fingerprint density at radius 1 is 1.25 bits per heavy atom. The van der Waals surface area contributed by atoms with Gasteiger partial charge in [0.1, 0.15) is 11.3 Å². The van der Waals surface area contributed by atoms with E-state index in [-0.39, 0.29) is 0 Å². The normalized spacial score (nSPS) is 17.8. The molecular formula is C14H21N5O. The fourth-order valence-corrected chi connectivity index (χ4v) is 2.94. The van der Waals surface area contributed by atoms with E-state index in [0.29, 0.717) is 12.2 Å². The molecule has 0 saturated heterocycles. The average molecular weight is 275 g/mol. The van der Waals surface area contributed by atoms with Crippen LogP contribution in [0.15, 0.2) is 12.3 Å². The van der Waals surface area contributed by atoms with Gasteiger partial charge >= 0.3 is 0 Å². The maximum Gasteiger partial charge on any atom is 0.114 e. The minimum Gasteiger partial charge on any atom is -0.383 e. The van der Waals surface area contributed by atoms with Crippen LogP contribution in [0.1, 0.15) is 42.8 Å². The lowest BCUT2D eigenvalue weighted by molar-refractivity contribution is 0.0398. The predicted octanol–water partition coefficient (Wildman–Crippen LogP) is 1.55. The van der Waals surface area contributed by atoms with Gasteiger partial charge in [0.25, 0.3) is 0 Å². The summed E-state index contributed by atoms with van der Waals surface area (Å²) < 4.78 is 3.77. The Labute approximate surface area is 118 Å². The Bertz CT molecular complexity index is 594.